The van der Waals surface area contributed by atoms with E-state index >= 15 is 0 Å². The number of nitrogens with zero attached hydrogens (tertiary/aromatic N) is 5. The van der Waals surface area contributed by atoms with Crippen LogP contribution in [0.5, 0.6) is 0 Å². The van der Waals surface area contributed by atoms with Gasteiger partial charge in [-0.2, -0.15) is 27.8 Å². The summed E-state index contributed by atoms with van der Waals surface area (Å²) in [5.74, 6) is 0.958. The van der Waals surface area contributed by atoms with Crippen molar-refractivity contribution < 1.29 is 17.6 Å². The lowest BCUT2D eigenvalue weighted by atomic mass is 10.1. The van der Waals surface area contributed by atoms with Crippen LogP contribution in [-0.4, -0.2) is 26.6 Å². The zero-order chi connectivity index (χ0) is 19.2. The van der Waals surface area contributed by atoms with Crippen LogP contribution in [0.1, 0.15) is 23.9 Å². The topological polar surface area (TPSA) is 59.5 Å². The standard InChI is InChI=1S/C18H16F3N5O/c1-3-13-12(11-6-4-5-7-14(11)27-13)9-25(2)16-8-15(18(19,20)21)24-17-22-10-23-26(16)17/h4-8,10H,3,9H2,1-2H3. The quantitative estimate of drug-likeness (QED) is 0.538. The monoisotopic (exact) mass is 375 g/mol. The maximum absolute atomic E-state index is 13.2. The number of benzene rings is 1. The molecule has 0 saturated heterocycles. The molecule has 0 saturated carbocycles. The van der Waals surface area contributed by atoms with E-state index in [1.807, 2.05) is 31.2 Å². The minimum Gasteiger partial charge on any atom is -0.461 e. The van der Waals surface area contributed by atoms with E-state index < -0.39 is 11.9 Å². The van der Waals surface area contributed by atoms with Gasteiger partial charge in [0.15, 0.2) is 5.69 Å². The lowest BCUT2D eigenvalue weighted by Gasteiger charge is -2.21. The third-order valence-corrected chi connectivity index (χ3v) is 4.41. The lowest BCUT2D eigenvalue weighted by Crippen LogP contribution is -2.22. The summed E-state index contributed by atoms with van der Waals surface area (Å²) in [6.07, 6.45) is -2.70. The number of hydrogen-bond acceptors (Lipinski definition) is 5. The number of alkyl halides is 3. The Morgan fingerprint density at radius 2 is 2.00 bits per heavy atom. The van der Waals surface area contributed by atoms with Gasteiger partial charge in [0.2, 0.25) is 0 Å². The summed E-state index contributed by atoms with van der Waals surface area (Å²) in [6, 6.07) is 8.60. The molecular weight excluding hydrogens is 359 g/mol. The van der Waals surface area contributed by atoms with Gasteiger partial charge >= 0.3 is 6.18 Å². The Kier molecular flexibility index (Phi) is 4.01. The second-order valence-corrected chi connectivity index (χ2v) is 6.18. The van der Waals surface area contributed by atoms with Crippen LogP contribution in [0.25, 0.3) is 16.7 Å². The highest BCUT2D eigenvalue weighted by atomic mass is 19.4. The van der Waals surface area contributed by atoms with Crippen LogP contribution < -0.4 is 4.90 Å². The van der Waals surface area contributed by atoms with E-state index in [1.54, 1.807) is 11.9 Å². The highest BCUT2D eigenvalue weighted by Crippen LogP contribution is 2.32. The van der Waals surface area contributed by atoms with Crippen molar-refractivity contribution in [2.75, 3.05) is 11.9 Å². The molecule has 3 heterocycles. The first kappa shape index (κ1) is 17.3. The van der Waals surface area contributed by atoms with E-state index in [-0.39, 0.29) is 11.6 Å². The lowest BCUT2D eigenvalue weighted by molar-refractivity contribution is -0.141. The molecule has 0 aliphatic heterocycles. The van der Waals surface area contributed by atoms with Crippen LogP contribution in [0.4, 0.5) is 19.0 Å². The van der Waals surface area contributed by atoms with Gasteiger partial charge in [0, 0.05) is 37.0 Å². The number of hydrogen-bond donors (Lipinski definition) is 0. The van der Waals surface area contributed by atoms with Crippen molar-refractivity contribution >= 4 is 22.6 Å². The van der Waals surface area contributed by atoms with Gasteiger partial charge in [-0.15, -0.1) is 0 Å². The van der Waals surface area contributed by atoms with Crippen LogP contribution in [-0.2, 0) is 19.1 Å². The molecule has 0 spiro atoms. The molecule has 4 rings (SSSR count). The molecule has 27 heavy (non-hydrogen) atoms. The van der Waals surface area contributed by atoms with E-state index in [4.69, 9.17) is 4.42 Å². The van der Waals surface area contributed by atoms with Gasteiger partial charge in [-0.25, -0.2) is 4.98 Å². The molecule has 0 aliphatic carbocycles. The molecule has 0 atom stereocenters. The van der Waals surface area contributed by atoms with Gasteiger partial charge < -0.3 is 9.32 Å². The zero-order valence-electron chi connectivity index (χ0n) is 14.7. The summed E-state index contributed by atoms with van der Waals surface area (Å²) in [4.78, 5) is 9.05. The van der Waals surface area contributed by atoms with Gasteiger partial charge in [-0.05, 0) is 6.07 Å². The molecule has 0 bridgehead atoms. The predicted octanol–water partition coefficient (Wildman–Crippen LogP) is 4.09. The highest BCUT2D eigenvalue weighted by Gasteiger charge is 2.34. The Bertz CT molecular complexity index is 1120. The van der Waals surface area contributed by atoms with Crippen LogP contribution >= 0.6 is 0 Å². The van der Waals surface area contributed by atoms with Gasteiger partial charge in [-0.3, -0.25) is 0 Å². The molecule has 140 valence electrons. The molecule has 4 aromatic rings. The van der Waals surface area contributed by atoms with Crippen LogP contribution in [0, 0.1) is 0 Å². The number of rotatable bonds is 4. The summed E-state index contributed by atoms with van der Waals surface area (Å²) < 4.78 is 46.8. The van der Waals surface area contributed by atoms with E-state index in [0.717, 1.165) is 28.4 Å². The summed E-state index contributed by atoms with van der Waals surface area (Å²) in [5.41, 5.74) is 0.696. The third kappa shape index (κ3) is 2.98. The summed E-state index contributed by atoms with van der Waals surface area (Å²) in [6.45, 7) is 2.33. The van der Waals surface area contributed by atoms with Crippen molar-refractivity contribution in [3.8, 4) is 0 Å². The SMILES string of the molecule is CCc1oc2ccccc2c1CN(C)c1cc(C(F)(F)F)nc2ncnn12. The Labute approximate surface area is 152 Å². The molecule has 1 aromatic carbocycles. The highest BCUT2D eigenvalue weighted by molar-refractivity contribution is 5.82. The normalized spacial score (nSPS) is 12.2. The van der Waals surface area contributed by atoms with Crippen LogP contribution in [0.15, 0.2) is 41.1 Å². The molecule has 0 amide bonds. The fourth-order valence-electron chi connectivity index (χ4n) is 3.14. The Morgan fingerprint density at radius 1 is 1.22 bits per heavy atom. The van der Waals surface area contributed by atoms with Crippen LogP contribution in [0.2, 0.25) is 0 Å². The van der Waals surface area contributed by atoms with Crippen molar-refractivity contribution in [1.29, 1.82) is 0 Å². The van der Waals surface area contributed by atoms with Crippen molar-refractivity contribution in [1.82, 2.24) is 19.6 Å². The molecule has 0 unspecified atom stereocenters. The average molecular weight is 375 g/mol. The molecule has 9 heteroatoms. The van der Waals surface area contributed by atoms with Crippen molar-refractivity contribution in [2.45, 2.75) is 26.1 Å². The molecule has 0 N–H and O–H groups in total. The largest absolute Gasteiger partial charge is 0.461 e. The number of halogens is 3. The molecular formula is C18H16F3N5O. The number of para-hydroxylation sites is 1. The van der Waals surface area contributed by atoms with Gasteiger partial charge in [0.25, 0.3) is 5.78 Å². The molecule has 6 nitrogen and oxygen atoms in total. The smallest absolute Gasteiger partial charge is 0.433 e. The number of fused-ring (bicyclic) bond motifs is 2. The maximum atomic E-state index is 13.2. The first-order chi connectivity index (χ1) is 12.9. The zero-order valence-corrected chi connectivity index (χ0v) is 14.7. The summed E-state index contributed by atoms with van der Waals surface area (Å²) >= 11 is 0. The molecule has 0 fully saturated rings. The minimum absolute atomic E-state index is 0.0977. The Morgan fingerprint density at radius 3 is 2.74 bits per heavy atom. The van der Waals surface area contributed by atoms with E-state index in [2.05, 4.69) is 15.1 Å². The molecule has 3 aromatic heterocycles. The summed E-state index contributed by atoms with van der Waals surface area (Å²) in [7, 11) is 1.71. The van der Waals surface area contributed by atoms with E-state index in [1.165, 1.54) is 10.8 Å². The minimum atomic E-state index is -4.57. The average Bonchev–Trinajstić information content (AvgIpc) is 3.24. The number of furan rings is 1. The summed E-state index contributed by atoms with van der Waals surface area (Å²) in [5, 5.41) is 4.95. The van der Waals surface area contributed by atoms with E-state index in [9.17, 15) is 13.2 Å². The second-order valence-electron chi connectivity index (χ2n) is 6.18. The van der Waals surface area contributed by atoms with Crippen molar-refractivity contribution in [3.05, 3.63) is 53.7 Å². The fraction of sp³-hybridized carbons (Fsp3) is 0.278. The number of aromatic nitrogens is 4. The number of anilines is 1. The van der Waals surface area contributed by atoms with Crippen molar-refractivity contribution in [3.63, 3.8) is 0 Å². The Balaban J connectivity index is 1.80. The maximum Gasteiger partial charge on any atom is 0.433 e. The first-order valence-electron chi connectivity index (χ1n) is 8.37. The van der Waals surface area contributed by atoms with Gasteiger partial charge in [0.1, 0.15) is 23.5 Å². The first-order valence-corrected chi connectivity index (χ1v) is 8.37. The van der Waals surface area contributed by atoms with Gasteiger partial charge in [0.05, 0.1) is 0 Å². The second kappa shape index (κ2) is 6.26. The van der Waals surface area contributed by atoms with Gasteiger partial charge in [-0.1, -0.05) is 25.1 Å². The third-order valence-electron chi connectivity index (χ3n) is 4.41. The van der Waals surface area contributed by atoms with Crippen LogP contribution in [0.3, 0.4) is 0 Å². The van der Waals surface area contributed by atoms with E-state index in [0.29, 0.717) is 13.0 Å². The van der Waals surface area contributed by atoms with Crippen molar-refractivity contribution in [2.24, 2.45) is 0 Å². The predicted molar refractivity (Wildman–Crippen MR) is 93.5 cm³/mol. The fourth-order valence-corrected chi connectivity index (χ4v) is 3.14. The Hall–Kier alpha value is -3.10. The molecule has 0 aliphatic rings. The molecule has 0 radical (unpaired) electrons. The number of aryl methyl sites for hydroxylation is 1.